The van der Waals surface area contributed by atoms with Crippen molar-refractivity contribution >= 4 is 5.97 Å². The molecule has 2 N–H and O–H groups in total. The van der Waals surface area contributed by atoms with Crippen LogP contribution in [0.1, 0.15) is 24.1 Å². The molecule has 1 aliphatic heterocycles. The summed E-state index contributed by atoms with van der Waals surface area (Å²) in [6, 6.07) is 8.02. The van der Waals surface area contributed by atoms with E-state index < -0.39 is 5.97 Å². The van der Waals surface area contributed by atoms with E-state index >= 15 is 0 Å². The molecule has 0 amide bonds. The Bertz CT molecular complexity index is 376. The first kappa shape index (κ1) is 10.2. The van der Waals surface area contributed by atoms with Crippen LogP contribution in [0.4, 0.5) is 0 Å². The first-order valence-corrected chi connectivity index (χ1v) is 5.24. The summed E-state index contributed by atoms with van der Waals surface area (Å²) in [5.41, 5.74) is 2.41. The zero-order chi connectivity index (χ0) is 10.8. The van der Waals surface area contributed by atoms with Gasteiger partial charge in [-0.25, -0.2) is 0 Å². The van der Waals surface area contributed by atoms with Crippen molar-refractivity contribution in [2.24, 2.45) is 5.92 Å². The second kappa shape index (κ2) is 4.03. The SMILES string of the molecule is CC(C(=O)O)C1NCCc2ccccc21. The van der Waals surface area contributed by atoms with Gasteiger partial charge in [0.25, 0.3) is 0 Å². The Kier molecular flexibility index (Phi) is 2.73. The summed E-state index contributed by atoms with van der Waals surface area (Å²) in [7, 11) is 0. The molecule has 0 fully saturated rings. The molecule has 2 atom stereocenters. The fourth-order valence-electron chi connectivity index (χ4n) is 2.13. The van der Waals surface area contributed by atoms with Crippen LogP contribution in [-0.2, 0) is 11.2 Å². The number of carboxylic acid groups (broad SMARTS) is 1. The lowest BCUT2D eigenvalue weighted by molar-refractivity contribution is -0.142. The van der Waals surface area contributed by atoms with Gasteiger partial charge in [-0.1, -0.05) is 31.2 Å². The molecular weight excluding hydrogens is 190 g/mol. The van der Waals surface area contributed by atoms with Crippen LogP contribution < -0.4 is 5.32 Å². The number of nitrogens with one attached hydrogen (secondary N) is 1. The summed E-state index contributed by atoms with van der Waals surface area (Å²) in [6.45, 7) is 2.61. The molecule has 0 saturated heterocycles. The Balaban J connectivity index is 2.33. The second-order valence-electron chi connectivity index (χ2n) is 4.01. The van der Waals surface area contributed by atoms with Crippen molar-refractivity contribution in [2.45, 2.75) is 19.4 Å². The first-order chi connectivity index (χ1) is 7.20. The van der Waals surface area contributed by atoms with Crippen LogP contribution in [0.25, 0.3) is 0 Å². The maximum Gasteiger partial charge on any atom is 0.308 e. The van der Waals surface area contributed by atoms with Gasteiger partial charge in [0, 0.05) is 6.04 Å². The molecule has 0 spiro atoms. The third-order valence-corrected chi connectivity index (χ3v) is 3.04. The van der Waals surface area contributed by atoms with Crippen LogP contribution in [0.2, 0.25) is 0 Å². The summed E-state index contributed by atoms with van der Waals surface area (Å²) in [6.07, 6.45) is 0.985. The van der Waals surface area contributed by atoms with Crippen LogP contribution >= 0.6 is 0 Å². The van der Waals surface area contributed by atoms with E-state index in [1.54, 1.807) is 6.92 Å². The molecule has 1 heterocycles. The predicted molar refractivity (Wildman–Crippen MR) is 57.7 cm³/mol. The molecule has 0 saturated carbocycles. The molecule has 1 aliphatic rings. The molecule has 0 aliphatic carbocycles. The molecule has 0 radical (unpaired) electrons. The highest BCUT2D eigenvalue weighted by Crippen LogP contribution is 2.28. The zero-order valence-electron chi connectivity index (χ0n) is 8.73. The standard InChI is InChI=1S/C12H15NO2/c1-8(12(14)15)11-10-5-3-2-4-9(10)6-7-13-11/h2-5,8,11,13H,6-7H2,1H3,(H,14,15). The molecule has 3 heteroatoms. The maximum atomic E-state index is 11.0. The fourth-order valence-corrected chi connectivity index (χ4v) is 2.13. The smallest absolute Gasteiger partial charge is 0.308 e. The van der Waals surface area contributed by atoms with Crippen molar-refractivity contribution < 1.29 is 9.90 Å². The molecule has 1 aromatic rings. The quantitative estimate of drug-likeness (QED) is 0.771. The minimum atomic E-state index is -0.746. The number of benzene rings is 1. The molecule has 15 heavy (non-hydrogen) atoms. The van der Waals surface area contributed by atoms with E-state index in [4.69, 9.17) is 5.11 Å². The van der Waals surface area contributed by atoms with Gasteiger partial charge in [-0.2, -0.15) is 0 Å². The van der Waals surface area contributed by atoms with Gasteiger partial charge in [-0.3, -0.25) is 4.79 Å². The highest BCUT2D eigenvalue weighted by atomic mass is 16.4. The van der Waals surface area contributed by atoms with E-state index in [1.165, 1.54) is 5.56 Å². The van der Waals surface area contributed by atoms with Gasteiger partial charge in [0.1, 0.15) is 0 Å². The van der Waals surface area contributed by atoms with Crippen LogP contribution in [0.3, 0.4) is 0 Å². The van der Waals surface area contributed by atoms with E-state index in [9.17, 15) is 4.79 Å². The van der Waals surface area contributed by atoms with Gasteiger partial charge in [0.2, 0.25) is 0 Å². The third-order valence-electron chi connectivity index (χ3n) is 3.04. The molecule has 0 aromatic heterocycles. The number of hydrogen-bond acceptors (Lipinski definition) is 2. The lowest BCUT2D eigenvalue weighted by Gasteiger charge is -2.29. The highest BCUT2D eigenvalue weighted by molar-refractivity contribution is 5.71. The van der Waals surface area contributed by atoms with Crippen molar-refractivity contribution in [3.05, 3.63) is 35.4 Å². The summed E-state index contributed by atoms with van der Waals surface area (Å²) in [5, 5.41) is 12.3. The minimum Gasteiger partial charge on any atom is -0.481 e. The van der Waals surface area contributed by atoms with Crippen molar-refractivity contribution in [2.75, 3.05) is 6.54 Å². The van der Waals surface area contributed by atoms with Crippen molar-refractivity contribution in [1.82, 2.24) is 5.32 Å². The predicted octanol–water partition coefficient (Wildman–Crippen LogP) is 1.59. The van der Waals surface area contributed by atoms with Gasteiger partial charge in [0.05, 0.1) is 5.92 Å². The van der Waals surface area contributed by atoms with Crippen molar-refractivity contribution in [3.8, 4) is 0 Å². The second-order valence-corrected chi connectivity index (χ2v) is 4.01. The molecule has 3 nitrogen and oxygen atoms in total. The van der Waals surface area contributed by atoms with E-state index in [1.807, 2.05) is 18.2 Å². The average Bonchev–Trinajstić information content (AvgIpc) is 2.27. The van der Waals surface area contributed by atoms with Gasteiger partial charge in [-0.15, -0.1) is 0 Å². The largest absolute Gasteiger partial charge is 0.481 e. The van der Waals surface area contributed by atoms with Gasteiger partial charge in [0.15, 0.2) is 0 Å². The molecule has 2 unspecified atom stereocenters. The average molecular weight is 205 g/mol. The lowest BCUT2D eigenvalue weighted by atomic mass is 9.87. The number of rotatable bonds is 2. The van der Waals surface area contributed by atoms with Gasteiger partial charge in [-0.05, 0) is 24.1 Å². The fraction of sp³-hybridized carbons (Fsp3) is 0.417. The van der Waals surface area contributed by atoms with Crippen molar-refractivity contribution in [1.29, 1.82) is 0 Å². The number of fused-ring (bicyclic) bond motifs is 1. The Morgan fingerprint density at radius 1 is 1.53 bits per heavy atom. The Morgan fingerprint density at radius 3 is 3.00 bits per heavy atom. The van der Waals surface area contributed by atoms with Gasteiger partial charge >= 0.3 is 5.97 Å². The summed E-state index contributed by atoms with van der Waals surface area (Å²) < 4.78 is 0. The number of hydrogen-bond donors (Lipinski definition) is 2. The summed E-state index contributed by atoms with van der Waals surface area (Å²) >= 11 is 0. The molecule has 2 rings (SSSR count). The highest BCUT2D eigenvalue weighted by Gasteiger charge is 2.28. The monoisotopic (exact) mass is 205 g/mol. The summed E-state index contributed by atoms with van der Waals surface area (Å²) in [4.78, 5) is 11.0. The first-order valence-electron chi connectivity index (χ1n) is 5.24. The Labute approximate surface area is 89.1 Å². The van der Waals surface area contributed by atoms with Crippen molar-refractivity contribution in [3.63, 3.8) is 0 Å². The maximum absolute atomic E-state index is 11.0. The van der Waals surface area contributed by atoms with Gasteiger partial charge < -0.3 is 10.4 Å². The zero-order valence-corrected chi connectivity index (χ0v) is 8.73. The summed E-state index contributed by atoms with van der Waals surface area (Å²) in [5.74, 6) is -1.13. The molecular formula is C12H15NO2. The Morgan fingerprint density at radius 2 is 2.27 bits per heavy atom. The van der Waals surface area contributed by atoms with E-state index in [2.05, 4.69) is 11.4 Å². The lowest BCUT2D eigenvalue weighted by Crippen LogP contribution is -2.36. The number of aliphatic carboxylic acids is 1. The van der Waals surface area contributed by atoms with Crippen LogP contribution in [0, 0.1) is 5.92 Å². The van der Waals surface area contributed by atoms with E-state index in [0.29, 0.717) is 0 Å². The number of carbonyl (C=O) groups is 1. The topological polar surface area (TPSA) is 49.3 Å². The Hall–Kier alpha value is -1.35. The van der Waals surface area contributed by atoms with Crippen LogP contribution in [0.15, 0.2) is 24.3 Å². The van der Waals surface area contributed by atoms with E-state index in [0.717, 1.165) is 18.5 Å². The molecule has 1 aromatic carbocycles. The molecule has 0 bridgehead atoms. The third kappa shape index (κ3) is 1.88. The van der Waals surface area contributed by atoms with Crippen LogP contribution in [-0.4, -0.2) is 17.6 Å². The number of carboxylic acids is 1. The van der Waals surface area contributed by atoms with Crippen LogP contribution in [0.5, 0.6) is 0 Å². The minimum absolute atomic E-state index is 0.0487. The normalized spacial score (nSPS) is 21.8. The van der Waals surface area contributed by atoms with E-state index in [-0.39, 0.29) is 12.0 Å². The molecule has 80 valence electrons.